The molecule has 168 valence electrons. The van der Waals surface area contributed by atoms with E-state index in [0.29, 0.717) is 12.5 Å². The Morgan fingerprint density at radius 1 is 1.06 bits per heavy atom. The molecule has 0 bridgehead atoms. The molecule has 1 fully saturated rings. The molecule has 0 radical (unpaired) electrons. The number of carbonyl (C=O) groups excluding carboxylic acids is 1. The highest BCUT2D eigenvalue weighted by molar-refractivity contribution is 5.79. The summed E-state index contributed by atoms with van der Waals surface area (Å²) in [6, 6.07) is 10.2. The predicted molar refractivity (Wildman–Crippen MR) is 127 cm³/mol. The zero-order chi connectivity index (χ0) is 21.9. The quantitative estimate of drug-likeness (QED) is 0.554. The molecule has 0 aliphatic carbocycles. The molecule has 1 aromatic heterocycles. The number of piperidine rings is 1. The van der Waals surface area contributed by atoms with Gasteiger partial charge in [-0.1, -0.05) is 44.2 Å². The van der Waals surface area contributed by atoms with Gasteiger partial charge in [-0.15, -0.1) is 0 Å². The molecule has 6 nitrogen and oxygen atoms in total. The fourth-order valence-corrected chi connectivity index (χ4v) is 4.26. The first-order chi connectivity index (χ1) is 15.2. The Bertz CT molecular complexity index is 774. The monoisotopic (exact) mass is 423 g/mol. The summed E-state index contributed by atoms with van der Waals surface area (Å²) in [5.41, 5.74) is 2.12. The van der Waals surface area contributed by atoms with Crippen LogP contribution >= 0.6 is 0 Å². The van der Waals surface area contributed by atoms with Gasteiger partial charge in [0.15, 0.2) is 0 Å². The van der Waals surface area contributed by atoms with Crippen LogP contribution in [-0.2, 0) is 4.79 Å². The van der Waals surface area contributed by atoms with Crippen LogP contribution in [0.5, 0.6) is 0 Å². The van der Waals surface area contributed by atoms with Crippen molar-refractivity contribution in [1.82, 2.24) is 20.2 Å². The fourth-order valence-electron chi connectivity index (χ4n) is 4.26. The van der Waals surface area contributed by atoms with Crippen LogP contribution in [0.3, 0.4) is 0 Å². The molecule has 1 atom stereocenters. The largest absolute Gasteiger partial charge is 0.356 e. The van der Waals surface area contributed by atoms with Gasteiger partial charge in [0.1, 0.15) is 0 Å². The standard InChI is InChI=1S/C25H37N5O/c1-3-14-29(15-4-2)16-9-13-26-24(31)22-12-8-17-30(20-22)25-27-18-23(19-28-25)21-10-6-5-7-11-21/h5-7,10-11,18-19,22H,3-4,8-9,12-17,20H2,1-2H3,(H,26,31). The third-order valence-electron chi connectivity index (χ3n) is 5.85. The summed E-state index contributed by atoms with van der Waals surface area (Å²) in [5, 5.41) is 3.16. The Morgan fingerprint density at radius 3 is 2.45 bits per heavy atom. The Kier molecular flexibility index (Phi) is 9.28. The summed E-state index contributed by atoms with van der Waals surface area (Å²) in [6.45, 7) is 10.1. The van der Waals surface area contributed by atoms with Crippen molar-refractivity contribution < 1.29 is 4.79 Å². The molecule has 1 aromatic carbocycles. The molecular weight excluding hydrogens is 386 g/mol. The van der Waals surface area contributed by atoms with E-state index in [0.717, 1.165) is 63.1 Å². The average Bonchev–Trinajstić information content (AvgIpc) is 2.82. The van der Waals surface area contributed by atoms with E-state index in [1.165, 1.54) is 12.8 Å². The summed E-state index contributed by atoms with van der Waals surface area (Å²) in [4.78, 5) is 26.5. The number of benzene rings is 1. The third kappa shape index (κ3) is 7.03. The van der Waals surface area contributed by atoms with E-state index in [9.17, 15) is 4.79 Å². The van der Waals surface area contributed by atoms with Crippen LogP contribution in [0, 0.1) is 5.92 Å². The topological polar surface area (TPSA) is 61.4 Å². The van der Waals surface area contributed by atoms with Crippen molar-refractivity contribution in [2.24, 2.45) is 5.92 Å². The van der Waals surface area contributed by atoms with Crippen molar-refractivity contribution >= 4 is 11.9 Å². The van der Waals surface area contributed by atoms with E-state index < -0.39 is 0 Å². The van der Waals surface area contributed by atoms with Gasteiger partial charge in [-0.25, -0.2) is 9.97 Å². The van der Waals surface area contributed by atoms with Crippen molar-refractivity contribution in [3.8, 4) is 11.1 Å². The SMILES string of the molecule is CCCN(CCC)CCCNC(=O)C1CCCN(c2ncc(-c3ccccc3)cn2)C1. The maximum atomic E-state index is 12.7. The maximum Gasteiger partial charge on any atom is 0.225 e. The van der Waals surface area contributed by atoms with Crippen LogP contribution in [-0.4, -0.2) is 60.0 Å². The van der Waals surface area contributed by atoms with E-state index >= 15 is 0 Å². The number of aromatic nitrogens is 2. The predicted octanol–water partition coefficient (Wildman–Crippen LogP) is 3.99. The van der Waals surface area contributed by atoms with Crippen molar-refractivity contribution in [3.63, 3.8) is 0 Å². The summed E-state index contributed by atoms with van der Waals surface area (Å²) in [5.74, 6) is 0.892. The average molecular weight is 424 g/mol. The lowest BCUT2D eigenvalue weighted by Crippen LogP contribution is -2.44. The summed E-state index contributed by atoms with van der Waals surface area (Å²) in [7, 11) is 0. The summed E-state index contributed by atoms with van der Waals surface area (Å²) < 4.78 is 0. The molecule has 1 aliphatic rings. The van der Waals surface area contributed by atoms with Crippen LogP contribution < -0.4 is 10.2 Å². The van der Waals surface area contributed by atoms with Crippen LogP contribution in [0.4, 0.5) is 5.95 Å². The smallest absolute Gasteiger partial charge is 0.225 e. The van der Waals surface area contributed by atoms with Gasteiger partial charge >= 0.3 is 0 Å². The molecule has 1 saturated heterocycles. The van der Waals surface area contributed by atoms with E-state index in [-0.39, 0.29) is 11.8 Å². The normalized spacial score (nSPS) is 16.5. The van der Waals surface area contributed by atoms with E-state index in [2.05, 4.69) is 51.1 Å². The van der Waals surface area contributed by atoms with Gasteiger partial charge in [0.05, 0.1) is 5.92 Å². The molecule has 0 saturated carbocycles. The molecule has 2 aromatic rings. The Hall–Kier alpha value is -2.47. The first-order valence-electron chi connectivity index (χ1n) is 11.8. The highest BCUT2D eigenvalue weighted by Crippen LogP contribution is 2.22. The summed E-state index contributed by atoms with van der Waals surface area (Å²) >= 11 is 0. The molecule has 31 heavy (non-hydrogen) atoms. The minimum Gasteiger partial charge on any atom is -0.356 e. The molecule has 1 aliphatic heterocycles. The number of hydrogen-bond donors (Lipinski definition) is 1. The molecular formula is C25H37N5O. The van der Waals surface area contributed by atoms with Gasteiger partial charge in [0.2, 0.25) is 11.9 Å². The minimum absolute atomic E-state index is 0.00790. The van der Waals surface area contributed by atoms with Gasteiger partial charge in [-0.05, 0) is 57.3 Å². The number of nitrogens with one attached hydrogen (secondary N) is 1. The van der Waals surface area contributed by atoms with E-state index in [4.69, 9.17) is 0 Å². The minimum atomic E-state index is 0.00790. The molecule has 2 heterocycles. The van der Waals surface area contributed by atoms with Gasteiger partial charge in [-0.3, -0.25) is 4.79 Å². The van der Waals surface area contributed by atoms with Crippen LogP contribution in [0.15, 0.2) is 42.7 Å². The van der Waals surface area contributed by atoms with Gasteiger partial charge in [-0.2, -0.15) is 0 Å². The zero-order valence-corrected chi connectivity index (χ0v) is 19.1. The molecule has 1 N–H and O–H groups in total. The first kappa shape index (κ1) is 23.2. The maximum absolute atomic E-state index is 12.7. The fraction of sp³-hybridized carbons (Fsp3) is 0.560. The van der Waals surface area contributed by atoms with Crippen LogP contribution in [0.25, 0.3) is 11.1 Å². The summed E-state index contributed by atoms with van der Waals surface area (Å²) in [6.07, 6.45) is 9.04. The third-order valence-corrected chi connectivity index (χ3v) is 5.85. The van der Waals surface area contributed by atoms with Crippen LogP contribution in [0.1, 0.15) is 46.0 Å². The number of hydrogen-bond acceptors (Lipinski definition) is 5. The van der Waals surface area contributed by atoms with Gasteiger partial charge < -0.3 is 15.1 Å². The molecule has 1 unspecified atom stereocenters. The second-order valence-corrected chi connectivity index (χ2v) is 8.41. The van der Waals surface area contributed by atoms with E-state index in [1.807, 2.05) is 30.6 Å². The Labute approximate surface area is 187 Å². The Morgan fingerprint density at radius 2 is 1.77 bits per heavy atom. The highest BCUT2D eigenvalue weighted by Gasteiger charge is 2.27. The highest BCUT2D eigenvalue weighted by atomic mass is 16.1. The molecule has 1 amide bonds. The number of nitrogens with zero attached hydrogens (tertiary/aromatic N) is 4. The lowest BCUT2D eigenvalue weighted by molar-refractivity contribution is -0.125. The Balaban J connectivity index is 1.47. The van der Waals surface area contributed by atoms with Crippen LogP contribution in [0.2, 0.25) is 0 Å². The van der Waals surface area contributed by atoms with Crippen molar-refractivity contribution in [1.29, 1.82) is 0 Å². The van der Waals surface area contributed by atoms with Gasteiger partial charge in [0, 0.05) is 37.6 Å². The van der Waals surface area contributed by atoms with Crippen molar-refractivity contribution in [2.45, 2.75) is 46.0 Å². The molecule has 0 spiro atoms. The lowest BCUT2D eigenvalue weighted by atomic mass is 9.97. The van der Waals surface area contributed by atoms with E-state index in [1.54, 1.807) is 0 Å². The number of amides is 1. The first-order valence-corrected chi connectivity index (χ1v) is 11.8. The number of carbonyl (C=O) groups is 1. The molecule has 6 heteroatoms. The second-order valence-electron chi connectivity index (χ2n) is 8.41. The second kappa shape index (κ2) is 12.4. The lowest BCUT2D eigenvalue weighted by Gasteiger charge is -2.32. The number of rotatable bonds is 11. The zero-order valence-electron chi connectivity index (χ0n) is 19.1. The molecule has 3 rings (SSSR count). The van der Waals surface area contributed by atoms with Gasteiger partial charge in [0.25, 0.3) is 0 Å². The number of anilines is 1. The van der Waals surface area contributed by atoms with Crippen molar-refractivity contribution in [3.05, 3.63) is 42.7 Å². The van der Waals surface area contributed by atoms with Crippen molar-refractivity contribution in [2.75, 3.05) is 44.2 Å².